The molecule has 1 aliphatic carbocycles. The van der Waals surface area contributed by atoms with E-state index in [2.05, 4.69) is 24.1 Å². The third-order valence-corrected chi connectivity index (χ3v) is 10.3. The number of fused-ring (bicyclic) bond motifs is 1. The van der Waals surface area contributed by atoms with E-state index in [4.69, 9.17) is 0 Å². The summed E-state index contributed by atoms with van der Waals surface area (Å²) in [6.07, 6.45) is 5.06. The highest BCUT2D eigenvalue weighted by Gasteiger charge is 2.49. The van der Waals surface area contributed by atoms with Gasteiger partial charge < -0.3 is 10.4 Å². The molecule has 0 saturated heterocycles. The summed E-state index contributed by atoms with van der Waals surface area (Å²) in [6, 6.07) is 9.45. The van der Waals surface area contributed by atoms with E-state index in [9.17, 15) is 26.7 Å². The number of rotatable bonds is 6. The Kier molecular flexibility index (Phi) is 5.79. The number of carbonyl (C=O) groups excluding carboxylic acids is 1. The Bertz CT molecular complexity index is 1200. The molecule has 0 saturated carbocycles. The second-order valence-electron chi connectivity index (χ2n) is 8.70. The fourth-order valence-electron chi connectivity index (χ4n) is 4.25. The predicted octanol–water partition coefficient (Wildman–Crippen LogP) is 1.26. The number of nitrogens with one attached hydrogen (secondary N) is 1. The number of pyridine rings is 1. The number of nitrogens with zero attached hydrogens (tertiary/aromatic N) is 1. The second-order valence-corrected chi connectivity index (χ2v) is 13.4. The first-order valence-corrected chi connectivity index (χ1v) is 13.4. The average molecular weight is 467 g/mol. The molecule has 0 fully saturated rings. The molecule has 0 radical (unpaired) electrons. The lowest BCUT2D eigenvalue weighted by Gasteiger charge is -2.29. The van der Waals surface area contributed by atoms with Crippen molar-refractivity contribution >= 4 is 25.6 Å². The molecule has 3 rings (SSSR count). The predicted molar refractivity (Wildman–Crippen MR) is 117 cm³/mol. The number of amides is 1. The molecule has 0 spiro atoms. The normalized spacial score (nSPS) is 18.4. The van der Waals surface area contributed by atoms with Crippen LogP contribution in [0.5, 0.6) is 0 Å². The zero-order valence-electron chi connectivity index (χ0n) is 17.8. The van der Waals surface area contributed by atoms with Crippen LogP contribution in [-0.4, -0.2) is 56.2 Å². The Hall–Kier alpha value is -2.30. The van der Waals surface area contributed by atoms with Gasteiger partial charge in [0.15, 0.2) is 19.7 Å². The van der Waals surface area contributed by atoms with Crippen molar-refractivity contribution in [1.82, 2.24) is 10.3 Å². The van der Waals surface area contributed by atoms with E-state index < -0.39 is 36.4 Å². The van der Waals surface area contributed by atoms with Crippen LogP contribution in [0, 0.1) is 5.41 Å². The largest absolute Gasteiger partial charge is 0.361 e. The molecule has 0 bridgehead atoms. The maximum Gasteiger partial charge on any atom is 0.285 e. The van der Waals surface area contributed by atoms with Crippen molar-refractivity contribution in [3.63, 3.8) is 0 Å². The highest BCUT2D eigenvalue weighted by Crippen LogP contribution is 2.50. The molecule has 168 valence electrons. The fourth-order valence-corrected chi connectivity index (χ4v) is 7.12. The van der Waals surface area contributed by atoms with Crippen molar-refractivity contribution in [3.05, 3.63) is 65.0 Å². The number of hydrogen-bond donors (Lipinski definition) is 2. The van der Waals surface area contributed by atoms with Gasteiger partial charge in [0.05, 0.1) is 6.54 Å². The van der Waals surface area contributed by atoms with Crippen LogP contribution in [0.25, 0.3) is 0 Å². The molecule has 2 N–H and O–H groups in total. The van der Waals surface area contributed by atoms with Gasteiger partial charge in [-0.3, -0.25) is 9.78 Å². The van der Waals surface area contributed by atoms with E-state index >= 15 is 0 Å². The molecule has 8 nitrogen and oxygen atoms in total. The summed E-state index contributed by atoms with van der Waals surface area (Å²) in [5.41, 5.74) is 2.95. The van der Waals surface area contributed by atoms with Crippen LogP contribution in [0.3, 0.4) is 0 Å². The molecular weight excluding hydrogens is 440 g/mol. The first kappa shape index (κ1) is 23.4. The molecule has 1 atom stereocenters. The van der Waals surface area contributed by atoms with Crippen molar-refractivity contribution < 1.29 is 26.7 Å². The van der Waals surface area contributed by atoms with Crippen LogP contribution >= 0.6 is 0 Å². The summed E-state index contributed by atoms with van der Waals surface area (Å²) < 4.78 is 44.7. The first-order chi connectivity index (χ1) is 14.2. The van der Waals surface area contributed by atoms with Gasteiger partial charge in [-0.2, -0.15) is 0 Å². The van der Waals surface area contributed by atoms with Gasteiger partial charge in [-0.25, -0.2) is 16.8 Å². The summed E-state index contributed by atoms with van der Waals surface area (Å²) in [5, 5.41) is 12.7. The Morgan fingerprint density at radius 2 is 1.74 bits per heavy atom. The smallest absolute Gasteiger partial charge is 0.285 e. The summed E-state index contributed by atoms with van der Waals surface area (Å²) >= 11 is 0. The average Bonchev–Trinajstić information content (AvgIpc) is 2.93. The Morgan fingerprint density at radius 3 is 2.35 bits per heavy atom. The molecule has 1 amide bonds. The van der Waals surface area contributed by atoms with E-state index in [1.807, 2.05) is 24.3 Å². The van der Waals surface area contributed by atoms with Crippen LogP contribution in [0.4, 0.5) is 0 Å². The summed E-state index contributed by atoms with van der Waals surface area (Å²) in [7, 11) is -8.89. The van der Waals surface area contributed by atoms with Gasteiger partial charge in [-0.15, -0.1) is 0 Å². The minimum Gasteiger partial charge on any atom is -0.361 e. The Morgan fingerprint density at radius 1 is 1.13 bits per heavy atom. The van der Waals surface area contributed by atoms with Crippen molar-refractivity contribution in [2.45, 2.75) is 30.5 Å². The Balaban J connectivity index is 1.99. The quantitative estimate of drug-likeness (QED) is 0.655. The summed E-state index contributed by atoms with van der Waals surface area (Å²) in [6.45, 7) is 3.20. The van der Waals surface area contributed by atoms with Crippen LogP contribution < -0.4 is 5.32 Å². The molecule has 1 aromatic carbocycles. The second kappa shape index (κ2) is 7.68. The van der Waals surface area contributed by atoms with Gasteiger partial charge >= 0.3 is 0 Å². The topological polar surface area (TPSA) is 130 Å². The molecular formula is C21H26N2O6S2. The van der Waals surface area contributed by atoms with Crippen molar-refractivity contribution in [1.29, 1.82) is 0 Å². The van der Waals surface area contributed by atoms with E-state index in [-0.39, 0.29) is 16.9 Å². The maximum absolute atomic E-state index is 13.0. The number of benzene rings is 1. The molecule has 1 aromatic heterocycles. The number of hydrogen-bond acceptors (Lipinski definition) is 7. The van der Waals surface area contributed by atoms with E-state index in [0.717, 1.165) is 12.0 Å². The molecule has 1 heterocycles. The van der Waals surface area contributed by atoms with E-state index in [1.165, 1.54) is 17.8 Å². The highest BCUT2D eigenvalue weighted by atomic mass is 32.3. The van der Waals surface area contributed by atoms with Crippen LogP contribution in [0.1, 0.15) is 46.8 Å². The lowest BCUT2D eigenvalue weighted by molar-refractivity contribution is 0.0927. The SMILES string of the molecule is CC1(C)Cc2ccccc2C1c1cnccc1C(=O)NCC(O)(S(C)(=O)=O)S(C)(=O)=O. The fraction of sp³-hybridized carbons (Fsp3) is 0.429. The van der Waals surface area contributed by atoms with Gasteiger partial charge in [-0.05, 0) is 34.6 Å². The third-order valence-electron chi connectivity index (χ3n) is 5.83. The van der Waals surface area contributed by atoms with Crippen molar-refractivity contribution in [2.75, 3.05) is 19.1 Å². The van der Waals surface area contributed by atoms with E-state index in [1.54, 1.807) is 6.20 Å². The van der Waals surface area contributed by atoms with Gasteiger partial charge in [-0.1, -0.05) is 38.1 Å². The van der Waals surface area contributed by atoms with Crippen molar-refractivity contribution in [2.24, 2.45) is 5.41 Å². The number of aliphatic hydroxyl groups is 1. The Labute approximate surface area is 182 Å². The molecule has 2 aromatic rings. The summed E-state index contributed by atoms with van der Waals surface area (Å²) in [4.78, 5) is 17.2. The lowest BCUT2D eigenvalue weighted by atomic mass is 9.75. The maximum atomic E-state index is 13.0. The highest BCUT2D eigenvalue weighted by molar-refractivity contribution is 8.09. The first-order valence-electron chi connectivity index (χ1n) is 9.60. The zero-order valence-corrected chi connectivity index (χ0v) is 19.4. The number of sulfone groups is 2. The van der Waals surface area contributed by atoms with Crippen LogP contribution in [-0.2, 0) is 26.1 Å². The lowest BCUT2D eigenvalue weighted by Crippen LogP contribution is -2.53. The van der Waals surface area contributed by atoms with Crippen molar-refractivity contribution in [3.8, 4) is 0 Å². The molecule has 1 aliphatic rings. The minimum atomic E-state index is -4.44. The van der Waals surface area contributed by atoms with Gasteiger partial charge in [0.25, 0.3) is 10.2 Å². The van der Waals surface area contributed by atoms with E-state index in [0.29, 0.717) is 18.1 Å². The van der Waals surface area contributed by atoms with Crippen LogP contribution in [0.15, 0.2) is 42.7 Å². The summed E-state index contributed by atoms with van der Waals surface area (Å²) in [5.74, 6) is -0.829. The van der Waals surface area contributed by atoms with Gasteiger partial charge in [0.1, 0.15) is 0 Å². The molecule has 0 aliphatic heterocycles. The molecule has 1 unspecified atom stereocenters. The number of aromatic nitrogens is 1. The van der Waals surface area contributed by atoms with Crippen LogP contribution in [0.2, 0.25) is 0 Å². The zero-order chi connectivity index (χ0) is 23.2. The monoisotopic (exact) mass is 466 g/mol. The van der Waals surface area contributed by atoms with Gasteiger partial charge in [0, 0.05) is 36.4 Å². The third kappa shape index (κ3) is 4.11. The minimum absolute atomic E-state index is 0.137. The molecule has 10 heteroatoms. The number of carbonyl (C=O) groups is 1. The molecule has 31 heavy (non-hydrogen) atoms. The standard InChI is InChI=1S/C21H26N2O6S2/c1-20(2)11-14-7-5-6-8-15(14)18(20)17-12-22-10-9-16(17)19(24)23-13-21(25,30(3,26)27)31(4,28)29/h5-10,12,18,25H,11,13H2,1-4H3,(H,23,24). The van der Waals surface area contributed by atoms with Gasteiger partial charge in [0.2, 0.25) is 0 Å².